The van der Waals surface area contributed by atoms with E-state index in [2.05, 4.69) is 9.97 Å². The van der Waals surface area contributed by atoms with E-state index >= 15 is 0 Å². The number of carbonyl (C=O) groups excluding carboxylic acids is 1. The zero-order valence-corrected chi connectivity index (χ0v) is 12.0. The molecule has 23 heavy (non-hydrogen) atoms. The van der Waals surface area contributed by atoms with Gasteiger partial charge < -0.3 is 19.6 Å². The number of rotatable bonds is 3. The van der Waals surface area contributed by atoms with E-state index in [9.17, 15) is 14.4 Å². The molecule has 0 spiro atoms. The maximum atomic E-state index is 12.2. The van der Waals surface area contributed by atoms with Crippen LogP contribution >= 0.6 is 0 Å². The molecule has 0 fully saturated rings. The fourth-order valence-corrected chi connectivity index (χ4v) is 2.44. The molecule has 0 bridgehead atoms. The van der Waals surface area contributed by atoms with Crippen molar-refractivity contribution in [2.24, 2.45) is 5.73 Å². The lowest BCUT2D eigenvalue weighted by Gasteiger charge is -2.25. The van der Waals surface area contributed by atoms with E-state index in [1.807, 2.05) is 0 Å². The number of hydrogen-bond donors (Lipinski definition) is 3. The lowest BCUT2D eigenvalue weighted by Crippen LogP contribution is -2.35. The molecule has 3 heterocycles. The second-order valence-corrected chi connectivity index (χ2v) is 4.70. The summed E-state index contributed by atoms with van der Waals surface area (Å²) in [5.41, 5.74) is 4.29. The maximum absolute atomic E-state index is 12.2. The molecule has 2 aromatic heterocycles. The van der Waals surface area contributed by atoms with Crippen molar-refractivity contribution in [3.63, 3.8) is 0 Å². The van der Waals surface area contributed by atoms with Gasteiger partial charge in [-0.25, -0.2) is 9.59 Å². The summed E-state index contributed by atoms with van der Waals surface area (Å²) in [7, 11) is 0. The number of nitrogens with one attached hydrogen (secondary N) is 2. The van der Waals surface area contributed by atoms with Crippen LogP contribution in [-0.4, -0.2) is 22.5 Å². The standard InChI is InChI=1S/C14H13N3O6/c1-2-21-13(19)8-7(6-4-3-5-22-6)9-11(18)16-14(20)17-12(9)23-10(8)15/h3-5,7H,2,15H2,1H3,(H2,16,17,18,20)/t7-/m0/s1. The Morgan fingerprint density at radius 1 is 1.39 bits per heavy atom. The minimum atomic E-state index is -0.951. The summed E-state index contributed by atoms with van der Waals surface area (Å²) < 4.78 is 15.5. The number of carbonyl (C=O) groups is 1. The van der Waals surface area contributed by atoms with Crippen molar-refractivity contribution >= 4 is 5.97 Å². The molecule has 9 heteroatoms. The highest BCUT2D eigenvalue weighted by molar-refractivity contribution is 5.92. The fourth-order valence-electron chi connectivity index (χ4n) is 2.44. The van der Waals surface area contributed by atoms with Crippen LogP contribution in [0.15, 0.2) is 43.9 Å². The molecule has 2 aromatic rings. The van der Waals surface area contributed by atoms with Gasteiger partial charge in [-0.3, -0.25) is 14.8 Å². The first-order chi connectivity index (χ1) is 11.0. The summed E-state index contributed by atoms with van der Waals surface area (Å²) in [5, 5.41) is 0. The fraction of sp³-hybridized carbons (Fsp3) is 0.214. The van der Waals surface area contributed by atoms with Crippen LogP contribution < -0.4 is 21.7 Å². The average Bonchev–Trinajstić information content (AvgIpc) is 2.99. The molecular weight excluding hydrogens is 306 g/mol. The van der Waals surface area contributed by atoms with E-state index in [1.54, 1.807) is 19.1 Å². The highest BCUT2D eigenvalue weighted by Crippen LogP contribution is 2.39. The number of aromatic amines is 2. The summed E-state index contributed by atoms with van der Waals surface area (Å²) in [6.45, 7) is 1.76. The predicted molar refractivity (Wildman–Crippen MR) is 76.7 cm³/mol. The Kier molecular flexibility index (Phi) is 3.53. The van der Waals surface area contributed by atoms with Gasteiger partial charge in [-0.15, -0.1) is 0 Å². The highest BCUT2D eigenvalue weighted by Gasteiger charge is 2.39. The highest BCUT2D eigenvalue weighted by atomic mass is 16.5. The lowest BCUT2D eigenvalue weighted by molar-refractivity contribution is -0.139. The number of nitrogens with two attached hydrogens (primary N) is 1. The van der Waals surface area contributed by atoms with Gasteiger partial charge in [0.15, 0.2) is 0 Å². The van der Waals surface area contributed by atoms with Gasteiger partial charge in [-0.1, -0.05) is 0 Å². The van der Waals surface area contributed by atoms with E-state index in [-0.39, 0.29) is 35.3 Å². The van der Waals surface area contributed by atoms with Crippen molar-refractivity contribution in [2.45, 2.75) is 12.8 Å². The molecular formula is C14H13N3O6. The zero-order valence-electron chi connectivity index (χ0n) is 12.0. The number of furan rings is 1. The third-order valence-corrected chi connectivity index (χ3v) is 3.32. The third-order valence-electron chi connectivity index (χ3n) is 3.32. The average molecular weight is 319 g/mol. The van der Waals surface area contributed by atoms with Crippen LogP contribution in [-0.2, 0) is 9.53 Å². The van der Waals surface area contributed by atoms with E-state index in [1.165, 1.54) is 6.26 Å². The minimum absolute atomic E-state index is 0.0109. The van der Waals surface area contributed by atoms with E-state index in [0.29, 0.717) is 0 Å². The molecule has 1 atom stereocenters. The summed E-state index contributed by atoms with van der Waals surface area (Å²) in [6, 6.07) is 3.18. The molecule has 0 aliphatic carbocycles. The number of aromatic nitrogens is 2. The Hall–Kier alpha value is -3.23. The summed E-state index contributed by atoms with van der Waals surface area (Å²) >= 11 is 0. The van der Waals surface area contributed by atoms with Crippen molar-refractivity contribution in [3.8, 4) is 5.88 Å². The van der Waals surface area contributed by atoms with Gasteiger partial charge in [0, 0.05) is 0 Å². The molecule has 1 aliphatic heterocycles. The van der Waals surface area contributed by atoms with Crippen LogP contribution in [0.3, 0.4) is 0 Å². The van der Waals surface area contributed by atoms with Crippen LogP contribution in [0, 0.1) is 0 Å². The Morgan fingerprint density at radius 3 is 2.83 bits per heavy atom. The molecule has 0 aromatic carbocycles. The van der Waals surface area contributed by atoms with E-state index in [0.717, 1.165) is 0 Å². The van der Waals surface area contributed by atoms with E-state index in [4.69, 9.17) is 19.6 Å². The number of fused-ring (bicyclic) bond motifs is 1. The largest absolute Gasteiger partial charge is 0.468 e. The molecule has 0 radical (unpaired) electrons. The number of esters is 1. The van der Waals surface area contributed by atoms with Crippen molar-refractivity contribution < 1.29 is 18.7 Å². The predicted octanol–water partition coefficient (Wildman–Crippen LogP) is -0.0861. The summed E-state index contributed by atoms with van der Waals surface area (Å²) in [4.78, 5) is 40.3. The van der Waals surface area contributed by atoms with E-state index < -0.39 is 23.1 Å². The van der Waals surface area contributed by atoms with Crippen molar-refractivity contribution in [2.75, 3.05) is 6.61 Å². The monoisotopic (exact) mass is 319 g/mol. The Labute approximate surface area is 128 Å². The number of H-pyrrole nitrogens is 2. The Balaban J connectivity index is 2.26. The molecule has 1 aliphatic rings. The van der Waals surface area contributed by atoms with Crippen molar-refractivity contribution in [3.05, 3.63) is 62.0 Å². The normalized spacial score (nSPS) is 16.7. The van der Waals surface area contributed by atoms with Crippen molar-refractivity contribution in [1.29, 1.82) is 0 Å². The zero-order chi connectivity index (χ0) is 16.6. The van der Waals surface area contributed by atoms with Gasteiger partial charge in [0.1, 0.15) is 11.3 Å². The minimum Gasteiger partial charge on any atom is -0.468 e. The molecule has 0 saturated heterocycles. The van der Waals surface area contributed by atoms with Crippen LogP contribution in [0.2, 0.25) is 0 Å². The van der Waals surface area contributed by atoms with Crippen LogP contribution in [0.5, 0.6) is 5.88 Å². The third kappa shape index (κ3) is 2.41. The van der Waals surface area contributed by atoms with Crippen LogP contribution in [0.25, 0.3) is 0 Å². The quantitative estimate of drug-likeness (QED) is 0.672. The summed E-state index contributed by atoms with van der Waals surface area (Å²) in [6.07, 6.45) is 1.39. The second-order valence-electron chi connectivity index (χ2n) is 4.70. The lowest BCUT2D eigenvalue weighted by atomic mass is 9.88. The van der Waals surface area contributed by atoms with Gasteiger partial charge in [0.05, 0.1) is 24.4 Å². The first kappa shape index (κ1) is 14.7. The Morgan fingerprint density at radius 2 is 2.17 bits per heavy atom. The molecule has 0 saturated carbocycles. The molecule has 9 nitrogen and oxygen atoms in total. The van der Waals surface area contributed by atoms with Crippen molar-refractivity contribution in [1.82, 2.24) is 9.97 Å². The van der Waals surface area contributed by atoms with Crippen LogP contribution in [0.4, 0.5) is 0 Å². The smallest absolute Gasteiger partial charge is 0.340 e. The summed E-state index contributed by atoms with van der Waals surface area (Å²) in [5.74, 6) is -1.79. The second kappa shape index (κ2) is 5.52. The first-order valence-corrected chi connectivity index (χ1v) is 6.77. The number of ether oxygens (including phenoxy) is 2. The number of hydrogen-bond acceptors (Lipinski definition) is 7. The molecule has 120 valence electrons. The van der Waals surface area contributed by atoms with Gasteiger partial charge in [0.2, 0.25) is 11.8 Å². The molecule has 4 N–H and O–H groups in total. The SMILES string of the molecule is CCOC(=O)C1=C(N)Oc2[nH]c(=O)[nH]c(=O)c2[C@H]1c1ccco1. The Bertz CT molecular complexity index is 890. The van der Waals surface area contributed by atoms with Gasteiger partial charge in [-0.2, -0.15) is 0 Å². The topological polar surface area (TPSA) is 140 Å². The first-order valence-electron chi connectivity index (χ1n) is 6.77. The van der Waals surface area contributed by atoms with Gasteiger partial charge in [-0.05, 0) is 19.1 Å². The van der Waals surface area contributed by atoms with Gasteiger partial charge in [0.25, 0.3) is 5.56 Å². The molecule has 0 unspecified atom stereocenters. The molecule has 0 amide bonds. The molecule has 3 rings (SSSR count). The van der Waals surface area contributed by atoms with Crippen LogP contribution in [0.1, 0.15) is 24.2 Å². The maximum Gasteiger partial charge on any atom is 0.340 e. The van der Waals surface area contributed by atoms with Gasteiger partial charge >= 0.3 is 11.7 Å².